The highest BCUT2D eigenvalue weighted by Gasteiger charge is 2.35. The van der Waals surface area contributed by atoms with Crippen LogP contribution >= 0.6 is 67.8 Å². The molecule has 0 spiro atoms. The van der Waals surface area contributed by atoms with Gasteiger partial charge in [0.05, 0.1) is 37.2 Å². The van der Waals surface area contributed by atoms with E-state index in [0.717, 1.165) is 0 Å². The van der Waals surface area contributed by atoms with Gasteiger partial charge in [0, 0.05) is 23.6 Å². The summed E-state index contributed by atoms with van der Waals surface area (Å²) in [4.78, 5) is 51.2. The Morgan fingerprint density at radius 2 is 1.27 bits per heavy atom. The quantitative estimate of drug-likeness (QED) is 0.251. The fourth-order valence-electron chi connectivity index (χ4n) is 4.02. The van der Waals surface area contributed by atoms with Crippen LogP contribution < -0.4 is 16.0 Å². The molecule has 1 aromatic rings. The van der Waals surface area contributed by atoms with Crippen molar-refractivity contribution in [3.05, 3.63) is 21.8 Å². The zero-order valence-electron chi connectivity index (χ0n) is 22.9. The maximum absolute atomic E-state index is 13.5. The zero-order valence-corrected chi connectivity index (χ0v) is 29.3. The Bertz CT molecular complexity index is 1120. The van der Waals surface area contributed by atoms with Gasteiger partial charge in [-0.15, -0.1) is 0 Å². The second-order valence-corrected chi connectivity index (χ2v) is 13.4. The average Bonchev–Trinajstić information content (AvgIpc) is 3.38. The van der Waals surface area contributed by atoms with Crippen LogP contribution in [0.25, 0.3) is 0 Å². The molecule has 3 amide bonds. The Hall–Kier alpha value is -0.870. The molecular weight excluding hydrogens is 867 g/mol. The van der Waals surface area contributed by atoms with Crippen LogP contribution in [0.1, 0.15) is 62.3 Å². The van der Waals surface area contributed by atoms with Crippen LogP contribution in [0.3, 0.4) is 0 Å². The molecule has 222 valence electrons. The Morgan fingerprint density at radius 1 is 0.850 bits per heavy atom. The minimum absolute atomic E-state index is 0.182. The summed E-state index contributed by atoms with van der Waals surface area (Å²) in [7, 11) is 0. The Labute approximate surface area is 273 Å². The lowest BCUT2D eigenvalue weighted by Crippen LogP contribution is -2.38. The van der Waals surface area contributed by atoms with E-state index < -0.39 is 41.4 Å². The normalized spacial score (nSPS) is 21.9. The molecule has 2 heterocycles. The molecule has 0 aliphatic carbocycles. The predicted molar refractivity (Wildman–Crippen MR) is 169 cm³/mol. The molecule has 2 aliphatic rings. The first-order chi connectivity index (χ1) is 18.5. The number of hydrogen-bond acceptors (Lipinski definition) is 9. The molecule has 0 saturated carbocycles. The van der Waals surface area contributed by atoms with Gasteiger partial charge in [0.2, 0.25) is 0 Å². The highest BCUT2D eigenvalue weighted by molar-refractivity contribution is 14.1. The van der Waals surface area contributed by atoms with Crippen LogP contribution in [0.5, 0.6) is 0 Å². The number of amides is 3. The molecule has 3 rings (SSSR count). The van der Waals surface area contributed by atoms with Crippen molar-refractivity contribution >= 4 is 97.2 Å². The highest BCUT2D eigenvalue weighted by atomic mass is 127. The molecule has 2 fully saturated rings. The number of ether oxygens (including phenoxy) is 5. The zero-order chi connectivity index (χ0) is 30.0. The number of rotatable bonds is 9. The molecule has 0 bridgehead atoms. The maximum atomic E-state index is 13.5. The topological polar surface area (TPSA) is 151 Å². The van der Waals surface area contributed by atoms with Gasteiger partial charge >= 0.3 is 5.97 Å². The minimum atomic E-state index is -1.09. The van der Waals surface area contributed by atoms with E-state index in [9.17, 15) is 19.2 Å². The van der Waals surface area contributed by atoms with Crippen molar-refractivity contribution in [2.24, 2.45) is 0 Å². The van der Waals surface area contributed by atoms with Gasteiger partial charge in [-0.2, -0.15) is 0 Å². The Kier molecular flexibility index (Phi) is 11.4. The van der Waals surface area contributed by atoms with Crippen molar-refractivity contribution in [2.45, 2.75) is 71.4 Å². The van der Waals surface area contributed by atoms with Crippen LogP contribution in [0.15, 0.2) is 0 Å². The molecule has 3 unspecified atom stereocenters. The molecule has 40 heavy (non-hydrogen) atoms. The smallest absolute Gasteiger partial charge is 0.303 e. The third-order valence-electron chi connectivity index (χ3n) is 5.85. The van der Waals surface area contributed by atoms with Gasteiger partial charge in [0.1, 0.15) is 12.2 Å². The van der Waals surface area contributed by atoms with Crippen molar-refractivity contribution in [2.75, 3.05) is 31.6 Å². The van der Waals surface area contributed by atoms with Crippen molar-refractivity contribution < 1.29 is 42.9 Å². The van der Waals surface area contributed by atoms with E-state index >= 15 is 0 Å². The van der Waals surface area contributed by atoms with Crippen LogP contribution in [0, 0.1) is 10.7 Å². The van der Waals surface area contributed by atoms with Gasteiger partial charge in [-0.05, 0) is 102 Å². The maximum Gasteiger partial charge on any atom is 0.303 e. The van der Waals surface area contributed by atoms with Gasteiger partial charge in [-0.1, -0.05) is 0 Å². The van der Waals surface area contributed by atoms with E-state index in [2.05, 4.69) is 16.0 Å². The fraction of sp³-hybridized carbons (Fsp3) is 0.600. The van der Waals surface area contributed by atoms with Gasteiger partial charge in [-0.25, -0.2) is 0 Å². The fourth-order valence-corrected chi connectivity index (χ4v) is 8.43. The average molecular weight is 899 g/mol. The lowest BCUT2D eigenvalue weighted by atomic mass is 10.1. The van der Waals surface area contributed by atoms with Crippen LogP contribution in [0.4, 0.5) is 5.69 Å². The standard InChI is InChI=1S/C25H32I3N3O9/c1-11(38-12(2)32)21(33)31-20-18(27)15(22(34)29-7-13-9-36-24(3,4)39-13)17(26)16(19(20)28)23(35)30-8-14-10-37-25(5,6)40-14/h11,13-14H,7-10H2,1-6H3,(H,29,34)(H,30,35)(H,31,33). The molecule has 0 aromatic heterocycles. The number of carbonyl (C=O) groups is 4. The summed E-state index contributed by atoms with van der Waals surface area (Å²) in [6, 6.07) is 0. The summed E-state index contributed by atoms with van der Waals surface area (Å²) in [5.74, 6) is -3.62. The molecule has 12 nitrogen and oxygen atoms in total. The van der Waals surface area contributed by atoms with Crippen LogP contribution in [-0.4, -0.2) is 79.9 Å². The molecule has 2 aliphatic heterocycles. The Morgan fingerprint density at radius 3 is 1.62 bits per heavy atom. The summed E-state index contributed by atoms with van der Waals surface area (Å²) in [5, 5.41) is 8.44. The van der Waals surface area contributed by atoms with Gasteiger partial charge in [0.25, 0.3) is 17.7 Å². The van der Waals surface area contributed by atoms with Gasteiger partial charge < -0.3 is 39.6 Å². The first-order valence-corrected chi connectivity index (χ1v) is 15.6. The number of hydrogen-bond donors (Lipinski definition) is 3. The van der Waals surface area contributed by atoms with Gasteiger partial charge in [-0.3, -0.25) is 19.2 Å². The van der Waals surface area contributed by atoms with Crippen LogP contribution in [0.2, 0.25) is 0 Å². The first-order valence-electron chi connectivity index (χ1n) is 12.4. The molecule has 3 N–H and O–H groups in total. The molecular formula is C25H32I3N3O9. The van der Waals surface area contributed by atoms with E-state index in [4.69, 9.17) is 23.7 Å². The van der Waals surface area contributed by atoms with Crippen molar-refractivity contribution in [3.8, 4) is 0 Å². The van der Waals surface area contributed by atoms with Crippen molar-refractivity contribution in [1.29, 1.82) is 0 Å². The second-order valence-electron chi connectivity index (χ2n) is 10.1. The number of anilines is 1. The molecule has 2 saturated heterocycles. The first kappa shape index (κ1) is 33.6. The number of carbonyl (C=O) groups excluding carboxylic acids is 4. The number of esters is 1. The number of benzene rings is 1. The van der Waals surface area contributed by atoms with E-state index in [1.54, 1.807) is 27.7 Å². The van der Waals surface area contributed by atoms with E-state index in [1.165, 1.54) is 13.8 Å². The van der Waals surface area contributed by atoms with E-state index in [-0.39, 0.29) is 42.1 Å². The van der Waals surface area contributed by atoms with Gasteiger partial charge in [0.15, 0.2) is 17.7 Å². The minimum Gasteiger partial charge on any atom is -0.453 e. The summed E-state index contributed by atoms with van der Waals surface area (Å²) in [6.07, 6.45) is -1.78. The molecule has 15 heteroatoms. The third-order valence-corrected chi connectivity index (χ3v) is 9.08. The van der Waals surface area contributed by atoms with Crippen molar-refractivity contribution in [1.82, 2.24) is 10.6 Å². The third kappa shape index (κ3) is 8.59. The van der Waals surface area contributed by atoms with E-state index in [1.807, 2.05) is 67.8 Å². The monoisotopic (exact) mass is 899 g/mol. The second kappa shape index (κ2) is 13.6. The predicted octanol–water partition coefficient (Wildman–Crippen LogP) is 3.15. The summed E-state index contributed by atoms with van der Waals surface area (Å²) in [6.45, 7) is 10.8. The van der Waals surface area contributed by atoms with E-state index in [0.29, 0.717) is 23.9 Å². The lowest BCUT2D eigenvalue weighted by Gasteiger charge is -2.22. The highest BCUT2D eigenvalue weighted by Crippen LogP contribution is 2.36. The number of halogens is 3. The molecule has 0 radical (unpaired) electrons. The Balaban J connectivity index is 1.92. The number of nitrogens with one attached hydrogen (secondary N) is 3. The molecule has 1 aromatic carbocycles. The SMILES string of the molecule is CC(=O)OC(C)C(=O)Nc1c(I)c(C(=O)NCC2COC(C)(C)O2)c(I)c(C(=O)NCC2COC(C)(C)O2)c1I. The summed E-state index contributed by atoms with van der Waals surface area (Å²) < 4.78 is 28.9. The van der Waals surface area contributed by atoms with Crippen molar-refractivity contribution in [3.63, 3.8) is 0 Å². The lowest BCUT2D eigenvalue weighted by molar-refractivity contribution is -0.150. The summed E-state index contributed by atoms with van der Waals surface area (Å²) in [5.41, 5.74) is 0.674. The summed E-state index contributed by atoms with van der Waals surface area (Å²) >= 11 is 5.89. The molecule has 3 atom stereocenters. The largest absolute Gasteiger partial charge is 0.453 e. The van der Waals surface area contributed by atoms with Crippen LogP contribution in [-0.2, 0) is 33.3 Å².